The highest BCUT2D eigenvalue weighted by Crippen LogP contribution is 2.30. The second-order valence-corrected chi connectivity index (χ2v) is 6.50. The van der Waals surface area contributed by atoms with Crippen molar-refractivity contribution in [2.24, 2.45) is 0 Å². The van der Waals surface area contributed by atoms with E-state index < -0.39 is 0 Å². The monoisotopic (exact) mass is 412 g/mol. The summed E-state index contributed by atoms with van der Waals surface area (Å²) >= 11 is 6.90. The standard InChI is InChI=1S/C16H18Br2N2O/c1-3-19-15(9-13-6-4-12(18)10-20-13)14-7-5-11(17)8-16(14)21-2/h4-8,10,15,19H,3,9H2,1-2H3. The Morgan fingerprint density at radius 1 is 1.19 bits per heavy atom. The molecule has 2 rings (SSSR count). The van der Waals surface area contributed by atoms with Crippen molar-refractivity contribution in [2.45, 2.75) is 19.4 Å². The molecule has 0 saturated heterocycles. The smallest absolute Gasteiger partial charge is 0.124 e. The molecule has 0 bridgehead atoms. The molecule has 0 radical (unpaired) electrons. The van der Waals surface area contributed by atoms with Crippen LogP contribution >= 0.6 is 31.9 Å². The zero-order valence-electron chi connectivity index (χ0n) is 12.1. The van der Waals surface area contributed by atoms with Gasteiger partial charge in [0.1, 0.15) is 5.75 Å². The van der Waals surface area contributed by atoms with Gasteiger partial charge in [0.25, 0.3) is 0 Å². The highest BCUT2D eigenvalue weighted by atomic mass is 79.9. The largest absolute Gasteiger partial charge is 0.496 e. The lowest BCUT2D eigenvalue weighted by molar-refractivity contribution is 0.398. The number of hydrogen-bond acceptors (Lipinski definition) is 3. The van der Waals surface area contributed by atoms with Crippen LogP contribution in [0.15, 0.2) is 45.5 Å². The van der Waals surface area contributed by atoms with Crippen LogP contribution in [0.5, 0.6) is 5.75 Å². The summed E-state index contributed by atoms with van der Waals surface area (Å²) in [5, 5.41) is 3.51. The fraction of sp³-hybridized carbons (Fsp3) is 0.312. The minimum Gasteiger partial charge on any atom is -0.496 e. The molecule has 21 heavy (non-hydrogen) atoms. The van der Waals surface area contributed by atoms with E-state index in [0.29, 0.717) is 0 Å². The van der Waals surface area contributed by atoms with Crippen molar-refractivity contribution in [2.75, 3.05) is 13.7 Å². The number of methoxy groups -OCH3 is 1. The molecule has 3 nitrogen and oxygen atoms in total. The van der Waals surface area contributed by atoms with Gasteiger partial charge in [0.05, 0.1) is 7.11 Å². The summed E-state index contributed by atoms with van der Waals surface area (Å²) in [7, 11) is 1.70. The average molecular weight is 414 g/mol. The molecule has 0 aliphatic heterocycles. The van der Waals surface area contributed by atoms with E-state index in [2.05, 4.69) is 55.2 Å². The van der Waals surface area contributed by atoms with E-state index in [9.17, 15) is 0 Å². The molecule has 112 valence electrons. The minimum absolute atomic E-state index is 0.173. The Labute approximate surface area is 142 Å². The Morgan fingerprint density at radius 2 is 1.95 bits per heavy atom. The molecule has 0 amide bonds. The third-order valence-corrected chi connectivity index (χ3v) is 4.19. The number of benzene rings is 1. The zero-order chi connectivity index (χ0) is 15.2. The van der Waals surface area contributed by atoms with Crippen molar-refractivity contribution in [1.29, 1.82) is 0 Å². The lowest BCUT2D eigenvalue weighted by atomic mass is 10.0. The van der Waals surface area contributed by atoms with Crippen LogP contribution in [0.2, 0.25) is 0 Å². The van der Waals surface area contributed by atoms with Gasteiger partial charge in [0.15, 0.2) is 0 Å². The van der Waals surface area contributed by atoms with E-state index in [0.717, 1.165) is 38.9 Å². The maximum Gasteiger partial charge on any atom is 0.124 e. The summed E-state index contributed by atoms with van der Waals surface area (Å²) in [5.74, 6) is 0.882. The molecule has 1 aromatic carbocycles. The predicted molar refractivity (Wildman–Crippen MR) is 92.8 cm³/mol. The van der Waals surface area contributed by atoms with Crippen molar-refractivity contribution in [3.8, 4) is 5.75 Å². The molecule has 5 heteroatoms. The molecule has 0 fully saturated rings. The fourth-order valence-electron chi connectivity index (χ4n) is 2.25. The van der Waals surface area contributed by atoms with Crippen LogP contribution in [-0.4, -0.2) is 18.6 Å². The van der Waals surface area contributed by atoms with Crippen LogP contribution < -0.4 is 10.1 Å². The quantitative estimate of drug-likeness (QED) is 0.756. The van der Waals surface area contributed by atoms with E-state index >= 15 is 0 Å². The first-order valence-electron chi connectivity index (χ1n) is 6.81. The molecule has 1 aromatic heterocycles. The van der Waals surface area contributed by atoms with Gasteiger partial charge in [-0.2, -0.15) is 0 Å². The van der Waals surface area contributed by atoms with E-state index in [-0.39, 0.29) is 6.04 Å². The van der Waals surface area contributed by atoms with Gasteiger partial charge in [0.2, 0.25) is 0 Å². The van der Waals surface area contributed by atoms with Crippen molar-refractivity contribution in [1.82, 2.24) is 10.3 Å². The van der Waals surface area contributed by atoms with Crippen LogP contribution in [0.3, 0.4) is 0 Å². The maximum atomic E-state index is 5.51. The average Bonchev–Trinajstić information content (AvgIpc) is 2.49. The lowest BCUT2D eigenvalue weighted by Crippen LogP contribution is -2.23. The number of nitrogens with zero attached hydrogens (tertiary/aromatic N) is 1. The van der Waals surface area contributed by atoms with Crippen molar-refractivity contribution in [3.05, 3.63) is 56.7 Å². The highest BCUT2D eigenvalue weighted by molar-refractivity contribution is 9.10. The molecule has 1 atom stereocenters. The van der Waals surface area contributed by atoms with Crippen LogP contribution in [-0.2, 0) is 6.42 Å². The summed E-state index contributed by atoms with van der Waals surface area (Å²) in [6, 6.07) is 10.4. The van der Waals surface area contributed by atoms with Gasteiger partial charge in [-0.3, -0.25) is 4.98 Å². The van der Waals surface area contributed by atoms with Crippen LogP contribution in [0.25, 0.3) is 0 Å². The molecule has 1 N–H and O–H groups in total. The molecular formula is C16H18Br2N2O. The van der Waals surface area contributed by atoms with Crippen molar-refractivity contribution >= 4 is 31.9 Å². The first-order chi connectivity index (χ1) is 10.1. The van der Waals surface area contributed by atoms with Gasteiger partial charge >= 0.3 is 0 Å². The summed E-state index contributed by atoms with van der Waals surface area (Å²) in [6.07, 6.45) is 2.65. The molecule has 0 aliphatic carbocycles. The number of pyridine rings is 1. The van der Waals surface area contributed by atoms with Crippen LogP contribution in [0, 0.1) is 0 Å². The second-order valence-electron chi connectivity index (χ2n) is 4.67. The van der Waals surface area contributed by atoms with Crippen LogP contribution in [0.1, 0.15) is 24.2 Å². The Morgan fingerprint density at radius 3 is 2.57 bits per heavy atom. The second kappa shape index (κ2) is 7.92. The normalized spacial score (nSPS) is 12.2. The Hall–Kier alpha value is -0.910. The number of rotatable bonds is 6. The predicted octanol–water partition coefficient (Wildman–Crippen LogP) is 4.51. The third kappa shape index (κ3) is 4.53. The molecule has 0 aliphatic rings. The lowest BCUT2D eigenvalue weighted by Gasteiger charge is -2.21. The highest BCUT2D eigenvalue weighted by Gasteiger charge is 2.16. The summed E-state index contributed by atoms with van der Waals surface area (Å²) in [6.45, 7) is 2.99. The van der Waals surface area contributed by atoms with E-state index in [4.69, 9.17) is 4.74 Å². The molecule has 2 aromatic rings. The van der Waals surface area contributed by atoms with Gasteiger partial charge in [-0.15, -0.1) is 0 Å². The van der Waals surface area contributed by atoms with E-state index in [1.807, 2.05) is 30.5 Å². The number of aromatic nitrogens is 1. The number of hydrogen-bond donors (Lipinski definition) is 1. The van der Waals surface area contributed by atoms with Crippen LogP contribution in [0.4, 0.5) is 0 Å². The molecule has 1 heterocycles. The first-order valence-corrected chi connectivity index (χ1v) is 8.40. The minimum atomic E-state index is 0.173. The number of halogens is 2. The van der Waals surface area contributed by atoms with E-state index in [1.54, 1.807) is 7.11 Å². The van der Waals surface area contributed by atoms with Gasteiger partial charge in [-0.25, -0.2) is 0 Å². The molecule has 0 spiro atoms. The molecular weight excluding hydrogens is 396 g/mol. The first kappa shape index (κ1) is 16.5. The fourth-order valence-corrected chi connectivity index (χ4v) is 2.82. The van der Waals surface area contributed by atoms with Gasteiger partial charge in [-0.1, -0.05) is 28.9 Å². The zero-order valence-corrected chi connectivity index (χ0v) is 15.2. The Bertz CT molecular complexity index is 587. The Kier molecular flexibility index (Phi) is 6.21. The molecule has 1 unspecified atom stereocenters. The van der Waals surface area contributed by atoms with Gasteiger partial charge < -0.3 is 10.1 Å². The summed E-state index contributed by atoms with van der Waals surface area (Å²) < 4.78 is 7.52. The van der Waals surface area contributed by atoms with E-state index in [1.165, 1.54) is 0 Å². The molecule has 0 saturated carbocycles. The van der Waals surface area contributed by atoms with Gasteiger partial charge in [0, 0.05) is 38.9 Å². The summed E-state index contributed by atoms with van der Waals surface area (Å²) in [4.78, 5) is 4.46. The number of nitrogens with one attached hydrogen (secondary N) is 1. The topological polar surface area (TPSA) is 34.2 Å². The van der Waals surface area contributed by atoms with Gasteiger partial charge in [-0.05, 0) is 46.7 Å². The number of ether oxygens (including phenoxy) is 1. The van der Waals surface area contributed by atoms with Crippen molar-refractivity contribution < 1.29 is 4.74 Å². The summed E-state index contributed by atoms with van der Waals surface area (Å²) in [5.41, 5.74) is 2.20. The number of likely N-dealkylation sites (N-methyl/N-ethyl adjacent to an activating group) is 1. The Balaban J connectivity index is 2.28. The maximum absolute atomic E-state index is 5.51. The third-order valence-electron chi connectivity index (χ3n) is 3.22. The SMILES string of the molecule is CCNC(Cc1ccc(Br)cn1)c1ccc(Br)cc1OC. The van der Waals surface area contributed by atoms with Crippen molar-refractivity contribution in [3.63, 3.8) is 0 Å².